The summed E-state index contributed by atoms with van der Waals surface area (Å²) < 4.78 is 1.60. The highest BCUT2D eigenvalue weighted by atomic mass is 16.4. The summed E-state index contributed by atoms with van der Waals surface area (Å²) in [5.74, 6) is -1.84. The molecule has 132 valence electrons. The highest BCUT2D eigenvalue weighted by Gasteiger charge is 2.42. The van der Waals surface area contributed by atoms with Crippen molar-refractivity contribution in [3.8, 4) is 5.69 Å². The fourth-order valence-corrected chi connectivity index (χ4v) is 3.55. The van der Waals surface area contributed by atoms with Crippen molar-refractivity contribution in [2.45, 2.75) is 45.1 Å². The van der Waals surface area contributed by atoms with Crippen molar-refractivity contribution in [1.82, 2.24) is 20.3 Å². The normalized spacial score (nSPS) is 23.2. The van der Waals surface area contributed by atoms with Crippen LogP contribution >= 0.6 is 0 Å². The summed E-state index contributed by atoms with van der Waals surface area (Å²) in [6.45, 7) is 3.58. The van der Waals surface area contributed by atoms with Gasteiger partial charge in [0.25, 0.3) is 5.91 Å². The molecule has 1 aromatic carbocycles. The second-order valence-electron chi connectivity index (χ2n) is 6.78. The Kier molecular flexibility index (Phi) is 4.57. The molecule has 2 aromatic rings. The number of carbonyl (C=O) groups is 2. The Balaban J connectivity index is 1.84. The molecular formula is C18H22N4O3. The van der Waals surface area contributed by atoms with E-state index in [0.29, 0.717) is 18.5 Å². The minimum Gasteiger partial charge on any atom is -0.481 e. The predicted molar refractivity (Wildman–Crippen MR) is 91.6 cm³/mol. The van der Waals surface area contributed by atoms with E-state index in [9.17, 15) is 14.7 Å². The fourth-order valence-electron chi connectivity index (χ4n) is 3.55. The number of carboxylic acids is 1. The molecule has 7 nitrogen and oxygen atoms in total. The maximum absolute atomic E-state index is 12.7. The first-order valence-electron chi connectivity index (χ1n) is 8.45. The Morgan fingerprint density at radius 2 is 2.00 bits per heavy atom. The van der Waals surface area contributed by atoms with Crippen LogP contribution in [0, 0.1) is 12.8 Å². The van der Waals surface area contributed by atoms with Crippen molar-refractivity contribution in [1.29, 1.82) is 0 Å². The smallest absolute Gasteiger partial charge is 0.308 e. The molecule has 1 fully saturated rings. The van der Waals surface area contributed by atoms with Crippen LogP contribution < -0.4 is 5.32 Å². The molecule has 25 heavy (non-hydrogen) atoms. The predicted octanol–water partition coefficient (Wildman–Crippen LogP) is 2.34. The molecule has 0 spiro atoms. The van der Waals surface area contributed by atoms with Gasteiger partial charge in [-0.05, 0) is 38.8 Å². The average molecular weight is 342 g/mol. The minimum atomic E-state index is -0.868. The topological polar surface area (TPSA) is 97.1 Å². The van der Waals surface area contributed by atoms with E-state index >= 15 is 0 Å². The minimum absolute atomic E-state index is 0.222. The molecule has 0 radical (unpaired) electrons. The van der Waals surface area contributed by atoms with Crippen LogP contribution in [0.3, 0.4) is 0 Å². The van der Waals surface area contributed by atoms with Crippen LogP contribution in [0.2, 0.25) is 0 Å². The van der Waals surface area contributed by atoms with Gasteiger partial charge in [0.15, 0.2) is 5.69 Å². The van der Waals surface area contributed by atoms with Crippen LogP contribution in [0.15, 0.2) is 30.3 Å². The van der Waals surface area contributed by atoms with Gasteiger partial charge in [0.2, 0.25) is 0 Å². The standard InChI is InChI=1S/C18H22N4O3/c1-12-15(20-21-22(12)13-8-4-3-5-9-13)16(23)19-18(2)11-7-6-10-14(18)17(24)25/h3-5,8-9,14H,6-7,10-11H2,1-2H3,(H,19,23)(H,24,25). The van der Waals surface area contributed by atoms with E-state index < -0.39 is 17.4 Å². The van der Waals surface area contributed by atoms with Crippen LogP contribution in [0.5, 0.6) is 0 Å². The van der Waals surface area contributed by atoms with Crippen LogP contribution in [-0.2, 0) is 4.79 Å². The number of amides is 1. The van der Waals surface area contributed by atoms with Gasteiger partial charge in [0.1, 0.15) is 0 Å². The lowest BCUT2D eigenvalue weighted by Crippen LogP contribution is -2.55. The summed E-state index contributed by atoms with van der Waals surface area (Å²) in [5, 5.41) is 20.5. The molecule has 2 atom stereocenters. The van der Waals surface area contributed by atoms with Gasteiger partial charge < -0.3 is 10.4 Å². The first kappa shape index (κ1) is 17.1. The third kappa shape index (κ3) is 3.26. The Bertz CT molecular complexity index is 787. The van der Waals surface area contributed by atoms with Crippen LogP contribution in [0.25, 0.3) is 5.69 Å². The molecule has 2 N–H and O–H groups in total. The second-order valence-corrected chi connectivity index (χ2v) is 6.78. The summed E-state index contributed by atoms with van der Waals surface area (Å²) in [4.78, 5) is 24.3. The molecule has 0 saturated heterocycles. The first-order valence-corrected chi connectivity index (χ1v) is 8.45. The number of nitrogens with zero attached hydrogens (tertiary/aromatic N) is 3. The number of hydrogen-bond acceptors (Lipinski definition) is 4. The zero-order valence-electron chi connectivity index (χ0n) is 14.4. The van der Waals surface area contributed by atoms with Gasteiger partial charge in [-0.2, -0.15) is 0 Å². The van der Waals surface area contributed by atoms with Crippen molar-refractivity contribution in [2.75, 3.05) is 0 Å². The van der Waals surface area contributed by atoms with Gasteiger partial charge in [0, 0.05) is 0 Å². The number of carboxylic acid groups (broad SMARTS) is 1. The highest BCUT2D eigenvalue weighted by molar-refractivity contribution is 5.94. The Labute approximate surface area is 146 Å². The van der Waals surface area contributed by atoms with E-state index in [1.807, 2.05) is 30.3 Å². The number of para-hydroxylation sites is 1. The number of hydrogen-bond donors (Lipinski definition) is 2. The maximum atomic E-state index is 12.7. The number of rotatable bonds is 4. The van der Waals surface area contributed by atoms with E-state index in [1.165, 1.54) is 0 Å². The van der Waals surface area contributed by atoms with Gasteiger partial charge in [-0.15, -0.1) is 5.10 Å². The zero-order chi connectivity index (χ0) is 18.0. The molecule has 3 rings (SSSR count). The number of carbonyl (C=O) groups excluding carboxylic acids is 1. The van der Waals surface area contributed by atoms with Crippen molar-refractivity contribution < 1.29 is 14.7 Å². The second kappa shape index (κ2) is 6.66. The quantitative estimate of drug-likeness (QED) is 0.889. The van der Waals surface area contributed by atoms with E-state index in [1.54, 1.807) is 18.5 Å². The monoisotopic (exact) mass is 342 g/mol. The van der Waals surface area contributed by atoms with Gasteiger partial charge in [-0.25, -0.2) is 4.68 Å². The Morgan fingerprint density at radius 1 is 1.28 bits per heavy atom. The van der Waals surface area contributed by atoms with Crippen LogP contribution in [0.4, 0.5) is 0 Å². The maximum Gasteiger partial charge on any atom is 0.308 e. The number of aromatic nitrogens is 3. The number of nitrogens with one attached hydrogen (secondary N) is 1. The van der Waals surface area contributed by atoms with Crippen LogP contribution in [-0.4, -0.2) is 37.5 Å². The molecule has 1 aliphatic rings. The lowest BCUT2D eigenvalue weighted by Gasteiger charge is -2.39. The summed E-state index contributed by atoms with van der Waals surface area (Å²) in [5.41, 5.74) is 0.887. The van der Waals surface area contributed by atoms with Gasteiger partial charge in [-0.1, -0.05) is 36.3 Å². The third-order valence-corrected chi connectivity index (χ3v) is 5.02. The summed E-state index contributed by atoms with van der Waals surface area (Å²) in [6, 6.07) is 9.44. The first-order chi connectivity index (χ1) is 11.9. The molecular weight excluding hydrogens is 320 g/mol. The van der Waals surface area contributed by atoms with Crippen molar-refractivity contribution in [3.63, 3.8) is 0 Å². The van der Waals surface area contributed by atoms with Crippen molar-refractivity contribution in [3.05, 3.63) is 41.7 Å². The third-order valence-electron chi connectivity index (χ3n) is 5.02. The highest BCUT2D eigenvalue weighted by Crippen LogP contribution is 2.34. The van der Waals surface area contributed by atoms with Crippen molar-refractivity contribution >= 4 is 11.9 Å². The van der Waals surface area contributed by atoms with Crippen molar-refractivity contribution in [2.24, 2.45) is 5.92 Å². The number of aliphatic carboxylic acids is 1. The molecule has 0 aliphatic heterocycles. The van der Waals surface area contributed by atoms with Gasteiger partial charge >= 0.3 is 5.97 Å². The average Bonchev–Trinajstić information content (AvgIpc) is 2.97. The molecule has 2 unspecified atom stereocenters. The van der Waals surface area contributed by atoms with E-state index in [2.05, 4.69) is 15.6 Å². The zero-order valence-corrected chi connectivity index (χ0v) is 14.4. The summed E-state index contributed by atoms with van der Waals surface area (Å²) >= 11 is 0. The molecule has 0 bridgehead atoms. The lowest BCUT2D eigenvalue weighted by atomic mass is 9.74. The van der Waals surface area contributed by atoms with E-state index in [-0.39, 0.29) is 11.6 Å². The molecule has 1 aromatic heterocycles. The molecule has 1 saturated carbocycles. The molecule has 7 heteroatoms. The molecule has 1 heterocycles. The SMILES string of the molecule is Cc1c(C(=O)NC2(C)CCCCC2C(=O)O)nnn1-c1ccccc1. The molecule has 1 aliphatic carbocycles. The van der Waals surface area contributed by atoms with Gasteiger partial charge in [-0.3, -0.25) is 9.59 Å². The number of benzene rings is 1. The van der Waals surface area contributed by atoms with E-state index in [0.717, 1.165) is 18.5 Å². The Morgan fingerprint density at radius 3 is 2.68 bits per heavy atom. The molecule has 1 amide bonds. The summed E-state index contributed by atoms with van der Waals surface area (Å²) in [6.07, 6.45) is 2.98. The fraction of sp³-hybridized carbons (Fsp3) is 0.444. The Hall–Kier alpha value is -2.70. The lowest BCUT2D eigenvalue weighted by molar-refractivity contribution is -0.145. The largest absolute Gasteiger partial charge is 0.481 e. The van der Waals surface area contributed by atoms with Gasteiger partial charge in [0.05, 0.1) is 22.8 Å². The van der Waals surface area contributed by atoms with E-state index in [4.69, 9.17) is 0 Å². The van der Waals surface area contributed by atoms with Crippen LogP contribution in [0.1, 0.15) is 48.8 Å². The summed E-state index contributed by atoms with van der Waals surface area (Å²) in [7, 11) is 0.